The molecule has 8 heteroatoms. The first kappa shape index (κ1) is 21.1. The molecule has 1 heterocycles. The van der Waals surface area contributed by atoms with E-state index in [1.54, 1.807) is 17.0 Å². The van der Waals surface area contributed by atoms with E-state index in [9.17, 15) is 13.2 Å². The van der Waals surface area contributed by atoms with E-state index >= 15 is 0 Å². The highest BCUT2D eigenvalue weighted by molar-refractivity contribution is 7.89. The molecule has 0 unspecified atom stereocenters. The standard InChI is InChI=1S/C21H27N3O4S/c1-23(2)18-6-4-5-16(15-18)21(25)24-13-11-17(12-14-24)22-29(26,27)20-9-7-19(28-3)8-10-20/h4-10,15,17,22H,11-14H2,1-3H3. The fourth-order valence-electron chi connectivity index (χ4n) is 3.34. The molecule has 0 bridgehead atoms. The van der Waals surface area contributed by atoms with E-state index in [0.717, 1.165) is 5.69 Å². The van der Waals surface area contributed by atoms with Gasteiger partial charge in [0.25, 0.3) is 5.91 Å². The molecule has 0 aromatic heterocycles. The van der Waals surface area contributed by atoms with Crippen molar-refractivity contribution >= 4 is 21.6 Å². The summed E-state index contributed by atoms with van der Waals surface area (Å²) in [6.07, 6.45) is 1.16. The fourth-order valence-corrected chi connectivity index (χ4v) is 4.65. The summed E-state index contributed by atoms with van der Waals surface area (Å²) in [5.41, 5.74) is 1.62. The SMILES string of the molecule is COc1ccc(S(=O)(=O)NC2CCN(C(=O)c3cccc(N(C)C)c3)CC2)cc1. The number of amides is 1. The molecule has 1 saturated heterocycles. The highest BCUT2D eigenvalue weighted by atomic mass is 32.2. The third-order valence-electron chi connectivity index (χ3n) is 5.08. The van der Waals surface area contributed by atoms with Crippen LogP contribution in [0.2, 0.25) is 0 Å². The Morgan fingerprint density at radius 3 is 2.34 bits per heavy atom. The molecule has 1 amide bonds. The van der Waals surface area contributed by atoms with Crippen LogP contribution in [0.1, 0.15) is 23.2 Å². The fraction of sp³-hybridized carbons (Fsp3) is 0.381. The van der Waals surface area contributed by atoms with Gasteiger partial charge in [0, 0.05) is 44.5 Å². The van der Waals surface area contributed by atoms with Gasteiger partial charge in [0.1, 0.15) is 5.75 Å². The Kier molecular flexibility index (Phi) is 6.44. The Hall–Kier alpha value is -2.58. The Morgan fingerprint density at radius 1 is 1.10 bits per heavy atom. The highest BCUT2D eigenvalue weighted by Gasteiger charge is 2.27. The molecule has 1 fully saturated rings. The van der Waals surface area contributed by atoms with Crippen molar-refractivity contribution in [3.8, 4) is 5.75 Å². The number of carbonyl (C=O) groups is 1. The second kappa shape index (κ2) is 8.84. The van der Waals surface area contributed by atoms with Crippen molar-refractivity contribution in [3.05, 3.63) is 54.1 Å². The van der Waals surface area contributed by atoms with Crippen LogP contribution < -0.4 is 14.4 Å². The summed E-state index contributed by atoms with van der Waals surface area (Å²) < 4.78 is 33.0. The molecule has 1 N–H and O–H groups in total. The Bertz CT molecular complexity index is 950. The lowest BCUT2D eigenvalue weighted by molar-refractivity contribution is 0.0711. The van der Waals surface area contributed by atoms with E-state index < -0.39 is 10.0 Å². The normalized spacial score (nSPS) is 15.2. The minimum atomic E-state index is -3.60. The van der Waals surface area contributed by atoms with Gasteiger partial charge in [0.2, 0.25) is 10.0 Å². The van der Waals surface area contributed by atoms with E-state index in [1.807, 2.05) is 43.3 Å². The zero-order valence-electron chi connectivity index (χ0n) is 17.0. The molecule has 29 heavy (non-hydrogen) atoms. The lowest BCUT2D eigenvalue weighted by Crippen LogP contribution is -2.46. The van der Waals surface area contributed by atoms with Gasteiger partial charge in [-0.1, -0.05) is 6.07 Å². The zero-order valence-corrected chi connectivity index (χ0v) is 17.8. The molecular formula is C21H27N3O4S. The number of ether oxygens (including phenoxy) is 1. The first-order valence-electron chi connectivity index (χ1n) is 9.53. The van der Waals surface area contributed by atoms with Gasteiger partial charge in [0.05, 0.1) is 12.0 Å². The molecule has 0 saturated carbocycles. The van der Waals surface area contributed by atoms with Gasteiger partial charge in [-0.3, -0.25) is 4.79 Å². The maximum atomic E-state index is 12.8. The van der Waals surface area contributed by atoms with Crippen molar-refractivity contribution in [1.82, 2.24) is 9.62 Å². The molecule has 0 radical (unpaired) electrons. The number of nitrogens with zero attached hydrogens (tertiary/aromatic N) is 2. The summed E-state index contributed by atoms with van der Waals surface area (Å²) in [5.74, 6) is 0.583. The van der Waals surface area contributed by atoms with E-state index in [2.05, 4.69) is 4.72 Å². The average Bonchev–Trinajstić information content (AvgIpc) is 2.73. The monoisotopic (exact) mass is 417 g/mol. The molecule has 2 aromatic rings. The van der Waals surface area contributed by atoms with Crippen molar-refractivity contribution in [2.24, 2.45) is 0 Å². The molecule has 0 atom stereocenters. The molecule has 2 aromatic carbocycles. The first-order chi connectivity index (χ1) is 13.8. The van der Waals surface area contributed by atoms with Crippen LogP contribution in [0.4, 0.5) is 5.69 Å². The average molecular weight is 418 g/mol. The Labute approximate surface area is 172 Å². The van der Waals surface area contributed by atoms with Crippen LogP contribution in [-0.4, -0.2) is 59.6 Å². The number of methoxy groups -OCH3 is 1. The van der Waals surface area contributed by atoms with Gasteiger partial charge < -0.3 is 14.5 Å². The summed E-state index contributed by atoms with van der Waals surface area (Å²) in [7, 11) is 1.80. The molecule has 7 nitrogen and oxygen atoms in total. The smallest absolute Gasteiger partial charge is 0.253 e. The summed E-state index contributed by atoms with van der Waals surface area (Å²) in [6, 6.07) is 13.6. The second-order valence-electron chi connectivity index (χ2n) is 7.31. The van der Waals surface area contributed by atoms with Gasteiger partial charge in [0.15, 0.2) is 0 Å². The molecule has 0 aliphatic carbocycles. The lowest BCUT2D eigenvalue weighted by Gasteiger charge is -2.32. The summed E-state index contributed by atoms with van der Waals surface area (Å²) in [4.78, 5) is 16.8. The molecule has 3 rings (SSSR count). The second-order valence-corrected chi connectivity index (χ2v) is 9.02. The maximum Gasteiger partial charge on any atom is 0.253 e. The van der Waals surface area contributed by atoms with E-state index in [4.69, 9.17) is 4.74 Å². The minimum Gasteiger partial charge on any atom is -0.497 e. The summed E-state index contributed by atoms with van der Waals surface area (Å²) in [5, 5.41) is 0. The van der Waals surface area contributed by atoms with Crippen LogP contribution in [0.3, 0.4) is 0 Å². The molecule has 1 aliphatic rings. The van der Waals surface area contributed by atoms with Crippen molar-refractivity contribution in [3.63, 3.8) is 0 Å². The number of likely N-dealkylation sites (tertiary alicyclic amines) is 1. The van der Waals surface area contributed by atoms with Gasteiger partial charge in [-0.2, -0.15) is 0 Å². The summed E-state index contributed by atoms with van der Waals surface area (Å²) >= 11 is 0. The third-order valence-corrected chi connectivity index (χ3v) is 6.62. The van der Waals surface area contributed by atoms with Crippen LogP contribution in [-0.2, 0) is 10.0 Å². The number of anilines is 1. The van der Waals surface area contributed by atoms with Gasteiger partial charge >= 0.3 is 0 Å². The number of sulfonamides is 1. The van der Waals surface area contributed by atoms with Crippen molar-refractivity contribution in [2.75, 3.05) is 39.2 Å². The van der Waals surface area contributed by atoms with Crippen molar-refractivity contribution in [2.45, 2.75) is 23.8 Å². The topological polar surface area (TPSA) is 79.0 Å². The number of piperidine rings is 1. The Balaban J connectivity index is 1.60. The quantitative estimate of drug-likeness (QED) is 0.781. The minimum absolute atomic E-state index is 0.0230. The lowest BCUT2D eigenvalue weighted by atomic mass is 10.0. The number of carbonyl (C=O) groups excluding carboxylic acids is 1. The first-order valence-corrected chi connectivity index (χ1v) is 11.0. The summed E-state index contributed by atoms with van der Waals surface area (Å²) in [6.45, 7) is 1.03. The number of nitrogens with one attached hydrogen (secondary N) is 1. The van der Waals surface area contributed by atoms with Gasteiger partial charge in [-0.15, -0.1) is 0 Å². The molecular weight excluding hydrogens is 390 g/mol. The zero-order chi connectivity index (χ0) is 21.0. The predicted octanol–water partition coefficient (Wildman–Crippen LogP) is 2.34. The van der Waals surface area contributed by atoms with Crippen LogP contribution in [0.15, 0.2) is 53.4 Å². The van der Waals surface area contributed by atoms with Crippen LogP contribution in [0, 0.1) is 0 Å². The molecule has 1 aliphatic heterocycles. The van der Waals surface area contributed by atoms with Crippen LogP contribution in [0.25, 0.3) is 0 Å². The van der Waals surface area contributed by atoms with Crippen molar-refractivity contribution in [1.29, 1.82) is 0 Å². The van der Waals surface area contributed by atoms with E-state index in [1.165, 1.54) is 19.2 Å². The van der Waals surface area contributed by atoms with Crippen LogP contribution in [0.5, 0.6) is 5.75 Å². The van der Waals surface area contributed by atoms with E-state index in [-0.39, 0.29) is 16.8 Å². The Morgan fingerprint density at radius 2 is 1.76 bits per heavy atom. The molecule has 0 spiro atoms. The van der Waals surface area contributed by atoms with Crippen LogP contribution >= 0.6 is 0 Å². The van der Waals surface area contributed by atoms with E-state index in [0.29, 0.717) is 37.2 Å². The highest BCUT2D eigenvalue weighted by Crippen LogP contribution is 2.20. The predicted molar refractivity (Wildman–Crippen MR) is 113 cm³/mol. The number of benzene rings is 2. The van der Waals surface area contributed by atoms with Gasteiger partial charge in [-0.25, -0.2) is 13.1 Å². The van der Waals surface area contributed by atoms with Crippen molar-refractivity contribution < 1.29 is 17.9 Å². The largest absolute Gasteiger partial charge is 0.497 e. The maximum absolute atomic E-state index is 12.8. The number of hydrogen-bond donors (Lipinski definition) is 1. The number of rotatable bonds is 6. The third kappa shape index (κ3) is 5.07. The molecule has 156 valence electrons. The number of hydrogen-bond acceptors (Lipinski definition) is 5. The van der Waals surface area contributed by atoms with Gasteiger partial charge in [-0.05, 0) is 55.3 Å².